The van der Waals surface area contributed by atoms with Gasteiger partial charge in [0.05, 0.1) is 36.1 Å². The molecule has 3 aromatic carbocycles. The number of allylic oxidation sites excluding steroid dienone is 1. The number of ether oxygens (including phenoxy) is 4. The number of carbonyl (C=O) groups is 1. The van der Waals surface area contributed by atoms with Gasteiger partial charge in [0.1, 0.15) is 12.6 Å². The Labute approximate surface area is 283 Å². The van der Waals surface area contributed by atoms with Gasteiger partial charge >= 0.3 is 5.97 Å². The van der Waals surface area contributed by atoms with Gasteiger partial charge in [0, 0.05) is 41.4 Å². The maximum Gasteiger partial charge on any atom is 0.338 e. The fourth-order valence-electron chi connectivity index (χ4n) is 6.35. The number of para-hydroxylation sites is 2. The third kappa shape index (κ3) is 6.09. The standard InChI is InChI=1S/C38H39N3O6S/c1-7-46-35-28(15-11-17-31(35)45-6)34-33(37(43)47-19-18-44-5)24(3)39-38-41(34)36(42)32(48-38)21-29-25(4)40(30-16-9-8-14-27(29)30)22-26-13-10-12-23(2)20-26/h8-17,20-21,34H,7,18-19,22H2,1-6H3/b32-21+/t34-/m1/s1. The third-order valence-corrected chi connectivity index (χ3v) is 9.54. The van der Waals surface area contributed by atoms with Crippen LogP contribution >= 0.6 is 11.3 Å². The van der Waals surface area contributed by atoms with Crippen molar-refractivity contribution in [3.05, 3.63) is 126 Å². The van der Waals surface area contributed by atoms with Crippen LogP contribution in [0.15, 0.2) is 87.8 Å². The highest BCUT2D eigenvalue weighted by Gasteiger charge is 2.36. The minimum atomic E-state index is -0.862. The molecule has 0 N–H and O–H groups in total. The van der Waals surface area contributed by atoms with Crippen molar-refractivity contribution in [1.29, 1.82) is 0 Å². The molecular weight excluding hydrogens is 627 g/mol. The molecule has 0 amide bonds. The van der Waals surface area contributed by atoms with Gasteiger partial charge in [-0.15, -0.1) is 0 Å². The van der Waals surface area contributed by atoms with Crippen molar-refractivity contribution < 1.29 is 23.7 Å². The van der Waals surface area contributed by atoms with E-state index in [1.54, 1.807) is 31.8 Å². The number of thiazole rings is 1. The molecule has 5 aromatic rings. The summed E-state index contributed by atoms with van der Waals surface area (Å²) in [5.74, 6) is 0.372. The van der Waals surface area contributed by atoms with Crippen LogP contribution in [0.5, 0.6) is 11.5 Å². The summed E-state index contributed by atoms with van der Waals surface area (Å²) in [6, 6.07) is 21.3. The molecule has 0 unspecified atom stereocenters. The molecule has 10 heteroatoms. The van der Waals surface area contributed by atoms with Crippen molar-refractivity contribution in [2.24, 2.45) is 4.99 Å². The molecule has 1 aliphatic heterocycles. The normalized spacial score (nSPS) is 14.6. The van der Waals surface area contributed by atoms with E-state index in [0.717, 1.165) is 22.2 Å². The summed E-state index contributed by atoms with van der Waals surface area (Å²) in [4.78, 5) is 33.5. The van der Waals surface area contributed by atoms with Crippen molar-refractivity contribution in [2.75, 3.05) is 34.0 Å². The van der Waals surface area contributed by atoms with E-state index in [4.69, 9.17) is 23.9 Å². The minimum absolute atomic E-state index is 0.0611. The second-order valence-corrected chi connectivity index (χ2v) is 12.6. The number of methoxy groups -OCH3 is 2. The third-order valence-electron chi connectivity index (χ3n) is 8.55. The van der Waals surface area contributed by atoms with E-state index >= 15 is 0 Å². The zero-order valence-corrected chi connectivity index (χ0v) is 28.8. The van der Waals surface area contributed by atoms with Crippen LogP contribution in [0.3, 0.4) is 0 Å². The molecular formula is C38H39N3O6S. The smallest absolute Gasteiger partial charge is 0.338 e. The van der Waals surface area contributed by atoms with E-state index < -0.39 is 12.0 Å². The van der Waals surface area contributed by atoms with Gasteiger partial charge in [-0.05, 0) is 51.5 Å². The first-order valence-electron chi connectivity index (χ1n) is 15.9. The van der Waals surface area contributed by atoms with Gasteiger partial charge in [-0.25, -0.2) is 9.79 Å². The van der Waals surface area contributed by atoms with Gasteiger partial charge in [-0.2, -0.15) is 0 Å². The molecule has 0 aliphatic carbocycles. The zero-order chi connectivity index (χ0) is 33.9. The number of fused-ring (bicyclic) bond motifs is 2. The number of hydrogen-bond acceptors (Lipinski definition) is 8. The number of benzene rings is 3. The predicted molar refractivity (Wildman–Crippen MR) is 188 cm³/mol. The fourth-order valence-corrected chi connectivity index (χ4v) is 7.38. The van der Waals surface area contributed by atoms with Gasteiger partial charge in [0.25, 0.3) is 5.56 Å². The van der Waals surface area contributed by atoms with Crippen LogP contribution in [-0.2, 0) is 20.8 Å². The number of nitrogens with zero attached hydrogens (tertiary/aromatic N) is 3. The maximum atomic E-state index is 14.6. The molecule has 0 fully saturated rings. The number of rotatable bonds is 11. The summed E-state index contributed by atoms with van der Waals surface area (Å²) in [7, 11) is 3.10. The summed E-state index contributed by atoms with van der Waals surface area (Å²) in [5, 5.41) is 1.05. The number of aryl methyl sites for hydroxylation is 1. The Morgan fingerprint density at radius 2 is 1.79 bits per heavy atom. The Morgan fingerprint density at radius 1 is 1.00 bits per heavy atom. The van der Waals surface area contributed by atoms with E-state index in [1.807, 2.05) is 37.3 Å². The summed E-state index contributed by atoms with van der Waals surface area (Å²) in [6.07, 6.45) is 1.95. The Bertz CT molecular complexity index is 2220. The molecule has 1 aliphatic rings. The molecule has 9 nitrogen and oxygen atoms in total. The van der Waals surface area contributed by atoms with Gasteiger partial charge in [0.2, 0.25) is 0 Å². The van der Waals surface area contributed by atoms with Crippen LogP contribution < -0.4 is 24.4 Å². The monoisotopic (exact) mass is 665 g/mol. The molecule has 48 heavy (non-hydrogen) atoms. The second-order valence-electron chi connectivity index (χ2n) is 11.6. The van der Waals surface area contributed by atoms with E-state index in [2.05, 4.69) is 54.8 Å². The topological polar surface area (TPSA) is 93.3 Å². The molecule has 1 atom stereocenters. The van der Waals surface area contributed by atoms with Crippen LogP contribution in [0, 0.1) is 13.8 Å². The number of aromatic nitrogens is 2. The van der Waals surface area contributed by atoms with Crippen molar-refractivity contribution in [1.82, 2.24) is 9.13 Å². The molecule has 2 aromatic heterocycles. The van der Waals surface area contributed by atoms with Crippen LogP contribution in [-0.4, -0.2) is 49.1 Å². The SMILES string of the molecule is CCOc1c(OC)cccc1[C@@H]1C(C(=O)OCCOC)=C(C)N=c2s/c(=C/c3c(C)n(Cc4cccc(C)c4)c4ccccc34)c(=O)n21. The molecule has 0 saturated carbocycles. The molecule has 0 radical (unpaired) electrons. The zero-order valence-electron chi connectivity index (χ0n) is 28.0. The van der Waals surface area contributed by atoms with E-state index in [1.165, 1.54) is 22.5 Å². The maximum absolute atomic E-state index is 14.6. The van der Waals surface area contributed by atoms with Crippen LogP contribution in [0.2, 0.25) is 0 Å². The molecule has 248 valence electrons. The number of hydrogen-bond donors (Lipinski definition) is 0. The van der Waals surface area contributed by atoms with E-state index in [-0.39, 0.29) is 24.3 Å². The average Bonchev–Trinajstić information content (AvgIpc) is 3.52. The first kappa shape index (κ1) is 33.0. The molecule has 0 saturated heterocycles. The van der Waals surface area contributed by atoms with Crippen molar-refractivity contribution >= 4 is 34.3 Å². The Hall–Kier alpha value is -4.93. The lowest BCUT2D eigenvalue weighted by atomic mass is 9.94. The van der Waals surface area contributed by atoms with E-state index in [0.29, 0.717) is 45.2 Å². The van der Waals surface area contributed by atoms with Crippen molar-refractivity contribution in [2.45, 2.75) is 40.3 Å². The first-order valence-corrected chi connectivity index (χ1v) is 16.7. The van der Waals surface area contributed by atoms with Gasteiger partial charge in [-0.3, -0.25) is 9.36 Å². The highest BCUT2D eigenvalue weighted by Crippen LogP contribution is 2.41. The molecule has 6 rings (SSSR count). The lowest BCUT2D eigenvalue weighted by molar-refractivity contribution is -0.140. The molecule has 0 bridgehead atoms. The fraction of sp³-hybridized carbons (Fsp3) is 0.289. The second kappa shape index (κ2) is 14.0. The molecule has 0 spiro atoms. The summed E-state index contributed by atoms with van der Waals surface area (Å²) >= 11 is 1.30. The van der Waals surface area contributed by atoms with Crippen LogP contribution in [0.25, 0.3) is 17.0 Å². The van der Waals surface area contributed by atoms with E-state index in [9.17, 15) is 9.59 Å². The quantitative estimate of drug-likeness (QED) is 0.138. The van der Waals surface area contributed by atoms with Crippen LogP contribution in [0.1, 0.15) is 47.8 Å². The van der Waals surface area contributed by atoms with Crippen molar-refractivity contribution in [3.63, 3.8) is 0 Å². The summed E-state index contributed by atoms with van der Waals surface area (Å²) < 4.78 is 26.8. The number of esters is 1. The Kier molecular flexibility index (Phi) is 9.66. The minimum Gasteiger partial charge on any atom is -0.493 e. The van der Waals surface area contributed by atoms with Gasteiger partial charge in [-0.1, -0.05) is 71.5 Å². The van der Waals surface area contributed by atoms with Crippen LogP contribution in [0.4, 0.5) is 0 Å². The number of carbonyl (C=O) groups excluding carboxylic acids is 1. The average molecular weight is 666 g/mol. The predicted octanol–water partition coefficient (Wildman–Crippen LogP) is 5.45. The summed E-state index contributed by atoms with van der Waals surface area (Å²) in [6.45, 7) is 9.18. The lowest BCUT2D eigenvalue weighted by Gasteiger charge is -2.27. The summed E-state index contributed by atoms with van der Waals surface area (Å²) in [5.41, 5.74) is 6.56. The highest BCUT2D eigenvalue weighted by molar-refractivity contribution is 7.07. The first-order chi connectivity index (χ1) is 23.3. The Balaban J connectivity index is 1.56. The largest absolute Gasteiger partial charge is 0.493 e. The highest BCUT2D eigenvalue weighted by atomic mass is 32.1. The Morgan fingerprint density at radius 3 is 2.54 bits per heavy atom. The van der Waals surface area contributed by atoms with Crippen molar-refractivity contribution in [3.8, 4) is 11.5 Å². The lowest BCUT2D eigenvalue weighted by Crippen LogP contribution is -2.40. The van der Waals surface area contributed by atoms with Gasteiger partial charge < -0.3 is 23.5 Å². The molecule has 3 heterocycles. The van der Waals surface area contributed by atoms with Gasteiger partial charge in [0.15, 0.2) is 16.3 Å².